The highest BCUT2D eigenvalue weighted by atomic mass is 16.4. The van der Waals surface area contributed by atoms with Crippen molar-refractivity contribution in [3.05, 3.63) is 12.3 Å². The molecular formula is C8H12N2O4. The van der Waals surface area contributed by atoms with E-state index in [9.17, 15) is 9.59 Å². The molecule has 6 heteroatoms. The molecule has 0 saturated carbocycles. The van der Waals surface area contributed by atoms with Gasteiger partial charge < -0.3 is 15.9 Å². The van der Waals surface area contributed by atoms with Crippen molar-refractivity contribution >= 4 is 18.0 Å². The zero-order chi connectivity index (χ0) is 11.1. The number of nitrogens with zero attached hydrogens (tertiary/aromatic N) is 1. The molecule has 0 aromatic heterocycles. The lowest BCUT2D eigenvalue weighted by atomic mass is 10.2. The van der Waals surface area contributed by atoms with Gasteiger partial charge in [0.25, 0.3) is 0 Å². The minimum absolute atomic E-state index is 0.306. The quantitative estimate of drug-likeness (QED) is 0.499. The fourth-order valence-electron chi connectivity index (χ4n) is 0.420. The minimum Gasteiger partial charge on any atom is -0.480 e. The summed E-state index contributed by atoms with van der Waals surface area (Å²) >= 11 is 0. The van der Waals surface area contributed by atoms with Crippen molar-refractivity contribution in [3.63, 3.8) is 0 Å². The van der Waals surface area contributed by atoms with Gasteiger partial charge in [0.15, 0.2) is 11.9 Å². The first-order valence-corrected chi connectivity index (χ1v) is 3.85. The van der Waals surface area contributed by atoms with Gasteiger partial charge in [-0.15, -0.1) is 0 Å². The van der Waals surface area contributed by atoms with E-state index < -0.39 is 18.1 Å². The topological polar surface area (TPSA) is 113 Å². The fourth-order valence-corrected chi connectivity index (χ4v) is 0.420. The highest BCUT2D eigenvalue weighted by Gasteiger charge is 2.09. The second kappa shape index (κ2) is 6.01. The van der Waals surface area contributed by atoms with Crippen molar-refractivity contribution in [2.75, 3.05) is 0 Å². The Kier molecular flexibility index (Phi) is 5.35. The van der Waals surface area contributed by atoms with Crippen LogP contribution in [0.25, 0.3) is 0 Å². The van der Waals surface area contributed by atoms with E-state index in [0.717, 1.165) is 0 Å². The van der Waals surface area contributed by atoms with Crippen LogP contribution in [0.3, 0.4) is 0 Å². The maximum atomic E-state index is 10.4. The van der Waals surface area contributed by atoms with E-state index in [0.29, 0.717) is 0 Å². The number of carboxylic acid groups (broad SMARTS) is 1. The molecule has 78 valence electrons. The van der Waals surface area contributed by atoms with Gasteiger partial charge in [-0.25, -0.2) is 0 Å². The van der Waals surface area contributed by atoms with Gasteiger partial charge in [-0.3, -0.25) is 14.6 Å². The third-order valence-electron chi connectivity index (χ3n) is 1.23. The Morgan fingerprint density at radius 1 is 1.71 bits per heavy atom. The summed E-state index contributed by atoms with van der Waals surface area (Å²) in [5.41, 5.74) is 4.84. The number of carbonyl (C=O) groups is 2. The van der Waals surface area contributed by atoms with E-state index in [1.807, 2.05) is 0 Å². The van der Waals surface area contributed by atoms with Crippen LogP contribution in [0.2, 0.25) is 0 Å². The van der Waals surface area contributed by atoms with Crippen LogP contribution in [0, 0.1) is 0 Å². The Labute approximate surface area is 80.8 Å². The molecule has 1 aliphatic heterocycles. The minimum atomic E-state index is -1.01. The van der Waals surface area contributed by atoms with Gasteiger partial charge in [0, 0.05) is 18.5 Å². The predicted molar refractivity (Wildman–Crippen MR) is 49.9 cm³/mol. The number of carbonyl (C=O) groups excluding carboxylic acids is 1. The lowest BCUT2D eigenvalue weighted by molar-refractivity contribution is -0.138. The zero-order valence-corrected chi connectivity index (χ0v) is 7.62. The number of hydrogen-bond acceptors (Lipinski definition) is 5. The average molecular weight is 200 g/mol. The van der Waals surface area contributed by atoms with Crippen molar-refractivity contribution in [3.8, 4) is 0 Å². The third-order valence-corrected chi connectivity index (χ3v) is 1.23. The third kappa shape index (κ3) is 5.18. The molecule has 2 atom stereocenters. The van der Waals surface area contributed by atoms with E-state index in [1.165, 1.54) is 25.4 Å². The van der Waals surface area contributed by atoms with E-state index in [1.54, 1.807) is 0 Å². The number of aliphatic hydroxyl groups is 1. The van der Waals surface area contributed by atoms with E-state index >= 15 is 0 Å². The van der Waals surface area contributed by atoms with Crippen LogP contribution in [0.4, 0.5) is 0 Å². The lowest BCUT2D eigenvalue weighted by Gasteiger charge is -1.99. The normalized spacial score (nSPS) is 21.1. The first kappa shape index (κ1) is 12.5. The number of aliphatic hydroxyl groups excluding tert-OH is 1. The van der Waals surface area contributed by atoms with Crippen LogP contribution >= 0.6 is 0 Å². The number of ketones is 1. The summed E-state index contributed by atoms with van der Waals surface area (Å²) in [5.74, 6) is -1.27. The first-order valence-electron chi connectivity index (χ1n) is 3.85. The number of aliphatic imine (C=N–C) groups is 1. The molecule has 0 saturated heterocycles. The Bertz CT molecular complexity index is 271. The molecular weight excluding hydrogens is 188 g/mol. The molecule has 0 aliphatic carbocycles. The summed E-state index contributed by atoms with van der Waals surface area (Å²) < 4.78 is 0. The van der Waals surface area contributed by atoms with E-state index in [-0.39, 0.29) is 5.78 Å². The summed E-state index contributed by atoms with van der Waals surface area (Å²) in [5, 5.41) is 16.5. The van der Waals surface area contributed by atoms with Crippen LogP contribution in [0.15, 0.2) is 17.3 Å². The smallest absolute Gasteiger partial charge is 0.320 e. The SMILES string of the molecule is CC(N)C(=O)O.O=C1C=CN=CC1O. The highest BCUT2D eigenvalue weighted by Crippen LogP contribution is 1.91. The van der Waals surface area contributed by atoms with Gasteiger partial charge >= 0.3 is 5.97 Å². The van der Waals surface area contributed by atoms with Gasteiger partial charge in [-0.05, 0) is 6.92 Å². The molecule has 1 aliphatic rings. The van der Waals surface area contributed by atoms with Crippen LogP contribution in [0.1, 0.15) is 6.92 Å². The summed E-state index contributed by atoms with van der Waals surface area (Å²) in [6, 6.07) is -0.731. The number of carboxylic acids is 1. The molecule has 0 aromatic rings. The Morgan fingerprint density at radius 3 is 2.43 bits per heavy atom. The van der Waals surface area contributed by atoms with Gasteiger partial charge in [-0.1, -0.05) is 0 Å². The van der Waals surface area contributed by atoms with Gasteiger partial charge in [0.2, 0.25) is 0 Å². The van der Waals surface area contributed by atoms with Gasteiger partial charge in [-0.2, -0.15) is 0 Å². The van der Waals surface area contributed by atoms with E-state index in [2.05, 4.69) is 4.99 Å². The van der Waals surface area contributed by atoms with Gasteiger partial charge in [0.05, 0.1) is 0 Å². The Hall–Kier alpha value is -1.53. The van der Waals surface area contributed by atoms with Crippen molar-refractivity contribution in [1.29, 1.82) is 0 Å². The monoisotopic (exact) mass is 200 g/mol. The van der Waals surface area contributed by atoms with Crippen molar-refractivity contribution in [2.45, 2.75) is 19.1 Å². The van der Waals surface area contributed by atoms with Crippen molar-refractivity contribution < 1.29 is 19.8 Å². The standard InChI is InChI=1S/C5H5NO2.C3H7NO2/c7-4-1-2-6-3-5(4)8;1-2(4)3(5)6/h1-3,5,8H;2H,4H2,1H3,(H,5,6). The molecule has 1 rings (SSSR count). The average Bonchev–Trinajstić information content (AvgIpc) is 2.11. The molecule has 14 heavy (non-hydrogen) atoms. The van der Waals surface area contributed by atoms with Crippen LogP contribution in [0.5, 0.6) is 0 Å². The maximum absolute atomic E-state index is 10.4. The lowest BCUT2D eigenvalue weighted by Crippen LogP contribution is -2.25. The number of aliphatic carboxylic acids is 1. The second-order valence-electron chi connectivity index (χ2n) is 2.59. The molecule has 1 heterocycles. The molecule has 0 amide bonds. The maximum Gasteiger partial charge on any atom is 0.320 e. The second-order valence-corrected chi connectivity index (χ2v) is 2.59. The summed E-state index contributed by atoms with van der Waals surface area (Å²) in [6.07, 6.45) is 2.78. The fraction of sp³-hybridized carbons (Fsp3) is 0.375. The highest BCUT2D eigenvalue weighted by molar-refractivity contribution is 6.05. The predicted octanol–water partition coefficient (Wildman–Crippen LogP) is -1.07. The largest absolute Gasteiger partial charge is 0.480 e. The number of hydrogen-bond donors (Lipinski definition) is 3. The molecule has 6 nitrogen and oxygen atoms in total. The number of rotatable bonds is 1. The summed E-state index contributed by atoms with van der Waals surface area (Å²) in [4.78, 5) is 23.5. The molecule has 0 aromatic carbocycles. The molecule has 0 radical (unpaired) electrons. The van der Waals surface area contributed by atoms with E-state index in [4.69, 9.17) is 15.9 Å². The summed E-state index contributed by atoms with van der Waals surface area (Å²) in [6.45, 7) is 1.42. The van der Waals surface area contributed by atoms with Gasteiger partial charge in [0.1, 0.15) is 6.04 Å². The Morgan fingerprint density at radius 2 is 2.21 bits per heavy atom. The Balaban J connectivity index is 0.000000255. The number of nitrogens with two attached hydrogens (primary N) is 1. The van der Waals surface area contributed by atoms with Crippen molar-refractivity contribution in [1.82, 2.24) is 0 Å². The molecule has 4 N–H and O–H groups in total. The molecule has 0 spiro atoms. The molecule has 2 unspecified atom stereocenters. The zero-order valence-electron chi connectivity index (χ0n) is 7.62. The van der Waals surface area contributed by atoms with Crippen molar-refractivity contribution in [2.24, 2.45) is 10.7 Å². The first-order chi connectivity index (χ1) is 6.45. The molecule has 0 bridgehead atoms. The van der Waals surface area contributed by atoms with Crippen LogP contribution < -0.4 is 5.73 Å². The van der Waals surface area contributed by atoms with Crippen LogP contribution in [-0.4, -0.2) is 40.3 Å². The molecule has 0 fully saturated rings. The summed E-state index contributed by atoms with van der Waals surface area (Å²) in [7, 11) is 0. The van der Waals surface area contributed by atoms with Crippen LogP contribution in [-0.2, 0) is 9.59 Å².